The van der Waals surface area contributed by atoms with E-state index in [0.29, 0.717) is 12.2 Å². The molecular formula is C16H25KO4. The number of aliphatic hydroxyl groups is 1. The van der Waals surface area contributed by atoms with Gasteiger partial charge in [-0.2, -0.15) is 0 Å². The maximum Gasteiger partial charge on any atom is 1.00 e. The third kappa shape index (κ3) is 8.55. The van der Waals surface area contributed by atoms with Crippen LogP contribution in [0.4, 0.5) is 0 Å². The molecule has 0 spiro atoms. The molecule has 0 amide bonds. The molecule has 0 heterocycles. The molecule has 2 atom stereocenters. The number of aliphatic hydroxyl groups excluding tert-OH is 1. The fraction of sp³-hybridized carbons (Fsp3) is 0.625. The van der Waals surface area contributed by atoms with Crippen LogP contribution < -0.4 is 66.0 Å². The van der Waals surface area contributed by atoms with Crippen LogP contribution in [0.15, 0.2) is 24.3 Å². The normalized spacial score (nSPS) is 14.7. The van der Waals surface area contributed by atoms with Crippen LogP contribution in [-0.4, -0.2) is 30.0 Å². The van der Waals surface area contributed by atoms with Crippen LogP contribution in [0.5, 0.6) is 11.5 Å². The van der Waals surface area contributed by atoms with Crippen molar-refractivity contribution in [2.45, 2.75) is 51.7 Å². The van der Waals surface area contributed by atoms with Gasteiger partial charge in [-0.05, 0) is 38.8 Å². The first-order valence-electron chi connectivity index (χ1n) is 7.17. The van der Waals surface area contributed by atoms with Crippen LogP contribution in [0.1, 0.15) is 40.0 Å². The summed E-state index contributed by atoms with van der Waals surface area (Å²) in [5, 5.41) is 19.9. The number of ether oxygens (including phenoxy) is 2. The molecule has 114 valence electrons. The molecule has 1 N–H and O–H groups in total. The Kier molecular flexibility index (Phi) is 11.2. The van der Waals surface area contributed by atoms with E-state index in [1.807, 2.05) is 31.2 Å². The van der Waals surface area contributed by atoms with Gasteiger partial charge in [0.2, 0.25) is 0 Å². The summed E-state index contributed by atoms with van der Waals surface area (Å²) >= 11 is 0. The zero-order chi connectivity index (χ0) is 15.0. The molecule has 0 aliphatic heterocycles. The summed E-state index contributed by atoms with van der Waals surface area (Å²) in [7, 11) is 0. The molecule has 0 bridgehead atoms. The Labute approximate surface area is 170 Å². The standard InChI is InChI=1S/C16H25O4.K/c1-4-16(3,9-6-10-17)20-15-8-5-7-14(11-15)19-12-13(2)18;/h5,7-8,11,13,18H,4,6,9-10,12H2,1-3H3;/q-1;+1. The maximum atomic E-state index is 10.6. The molecule has 4 nitrogen and oxygen atoms in total. The van der Waals surface area contributed by atoms with Gasteiger partial charge in [-0.3, -0.25) is 0 Å². The zero-order valence-corrected chi connectivity index (χ0v) is 16.7. The number of hydrogen-bond donors (Lipinski definition) is 1. The Morgan fingerprint density at radius 2 is 2.00 bits per heavy atom. The predicted molar refractivity (Wildman–Crippen MR) is 77.0 cm³/mol. The minimum Gasteiger partial charge on any atom is -0.854 e. The van der Waals surface area contributed by atoms with E-state index in [9.17, 15) is 10.2 Å². The molecule has 5 heteroatoms. The van der Waals surface area contributed by atoms with E-state index in [2.05, 4.69) is 6.92 Å². The van der Waals surface area contributed by atoms with Gasteiger partial charge in [0.05, 0.1) is 6.10 Å². The zero-order valence-electron chi connectivity index (χ0n) is 13.6. The first kappa shape index (κ1) is 21.4. The van der Waals surface area contributed by atoms with Gasteiger partial charge in [-0.25, -0.2) is 0 Å². The van der Waals surface area contributed by atoms with E-state index in [4.69, 9.17) is 9.47 Å². The Balaban J connectivity index is 0.00000400. The van der Waals surface area contributed by atoms with E-state index >= 15 is 0 Å². The second-order valence-electron chi connectivity index (χ2n) is 5.35. The first-order valence-corrected chi connectivity index (χ1v) is 7.17. The molecule has 0 aromatic heterocycles. The van der Waals surface area contributed by atoms with Gasteiger partial charge in [0.25, 0.3) is 0 Å². The Morgan fingerprint density at radius 3 is 2.57 bits per heavy atom. The number of rotatable bonds is 9. The number of benzene rings is 1. The first-order chi connectivity index (χ1) is 9.49. The van der Waals surface area contributed by atoms with Crippen molar-refractivity contribution in [1.29, 1.82) is 0 Å². The summed E-state index contributed by atoms with van der Waals surface area (Å²) in [6.07, 6.45) is 1.69. The Hall–Kier alpha value is 0.376. The molecular weight excluding hydrogens is 295 g/mol. The van der Waals surface area contributed by atoms with E-state index in [1.165, 1.54) is 0 Å². The Morgan fingerprint density at radius 1 is 1.33 bits per heavy atom. The smallest absolute Gasteiger partial charge is 0.854 e. The van der Waals surface area contributed by atoms with E-state index in [1.54, 1.807) is 6.92 Å². The average Bonchev–Trinajstić information content (AvgIpc) is 2.43. The Bertz CT molecular complexity index is 398. The molecule has 1 rings (SSSR count). The van der Waals surface area contributed by atoms with Crippen molar-refractivity contribution in [3.63, 3.8) is 0 Å². The number of hydrogen-bond acceptors (Lipinski definition) is 4. The summed E-state index contributed by atoms with van der Waals surface area (Å²) in [6, 6.07) is 7.38. The fourth-order valence-corrected chi connectivity index (χ4v) is 1.87. The summed E-state index contributed by atoms with van der Waals surface area (Å²) in [5.41, 5.74) is -0.326. The van der Waals surface area contributed by atoms with Gasteiger partial charge in [-0.15, -0.1) is 6.61 Å². The van der Waals surface area contributed by atoms with Gasteiger partial charge in [-0.1, -0.05) is 19.4 Å². The summed E-state index contributed by atoms with van der Waals surface area (Å²) in [4.78, 5) is 0. The average molecular weight is 320 g/mol. The second kappa shape index (κ2) is 11.0. The molecule has 21 heavy (non-hydrogen) atoms. The van der Waals surface area contributed by atoms with Crippen LogP contribution in [0, 0.1) is 0 Å². The molecule has 0 radical (unpaired) electrons. The predicted octanol–water partition coefficient (Wildman–Crippen LogP) is -0.862. The molecule has 0 aliphatic rings. The van der Waals surface area contributed by atoms with Crippen LogP contribution >= 0.6 is 0 Å². The van der Waals surface area contributed by atoms with E-state index in [-0.39, 0.29) is 70.2 Å². The van der Waals surface area contributed by atoms with Crippen LogP contribution in [0.25, 0.3) is 0 Å². The van der Waals surface area contributed by atoms with E-state index in [0.717, 1.165) is 18.6 Å². The van der Waals surface area contributed by atoms with Gasteiger partial charge in [0.1, 0.15) is 23.7 Å². The molecule has 0 aliphatic carbocycles. The topological polar surface area (TPSA) is 61.8 Å². The van der Waals surface area contributed by atoms with Crippen LogP contribution in [0.2, 0.25) is 0 Å². The van der Waals surface area contributed by atoms with Crippen LogP contribution in [0.3, 0.4) is 0 Å². The minimum absolute atomic E-state index is 0. The third-order valence-electron chi connectivity index (χ3n) is 3.26. The molecule has 0 saturated carbocycles. The van der Waals surface area contributed by atoms with Crippen molar-refractivity contribution in [3.05, 3.63) is 24.3 Å². The van der Waals surface area contributed by atoms with Gasteiger partial charge >= 0.3 is 51.4 Å². The summed E-state index contributed by atoms with van der Waals surface area (Å²) < 4.78 is 11.5. The van der Waals surface area contributed by atoms with Crippen molar-refractivity contribution in [3.8, 4) is 11.5 Å². The van der Waals surface area contributed by atoms with Gasteiger partial charge < -0.3 is 19.7 Å². The van der Waals surface area contributed by atoms with Crippen molar-refractivity contribution >= 4 is 0 Å². The third-order valence-corrected chi connectivity index (χ3v) is 3.26. The fourth-order valence-electron chi connectivity index (χ4n) is 1.87. The van der Waals surface area contributed by atoms with Crippen molar-refractivity contribution < 1.29 is 71.1 Å². The van der Waals surface area contributed by atoms with Crippen LogP contribution in [-0.2, 0) is 0 Å². The molecule has 0 fully saturated rings. The SMILES string of the molecule is CCC(C)(CCC[O-])Oc1cccc(OCC(C)O)c1.[K+]. The summed E-state index contributed by atoms with van der Waals surface area (Å²) in [6.45, 7) is 5.93. The molecule has 2 unspecified atom stereocenters. The van der Waals surface area contributed by atoms with Crippen molar-refractivity contribution in [1.82, 2.24) is 0 Å². The molecule has 0 saturated heterocycles. The van der Waals surface area contributed by atoms with Gasteiger partial charge in [0.15, 0.2) is 0 Å². The minimum atomic E-state index is -0.502. The van der Waals surface area contributed by atoms with Crippen molar-refractivity contribution in [2.24, 2.45) is 0 Å². The largest absolute Gasteiger partial charge is 1.00 e. The molecule has 1 aromatic carbocycles. The van der Waals surface area contributed by atoms with Crippen molar-refractivity contribution in [2.75, 3.05) is 13.2 Å². The van der Waals surface area contributed by atoms with E-state index < -0.39 is 6.10 Å². The van der Waals surface area contributed by atoms with Gasteiger partial charge in [0, 0.05) is 6.07 Å². The quantitative estimate of drug-likeness (QED) is 0.602. The molecule has 1 aromatic rings. The second-order valence-corrected chi connectivity index (χ2v) is 5.35. The summed E-state index contributed by atoms with van der Waals surface area (Å²) in [5.74, 6) is 1.40. The monoisotopic (exact) mass is 320 g/mol. The maximum absolute atomic E-state index is 10.6.